The molecule has 0 unspecified atom stereocenters. The van der Waals surface area contributed by atoms with Crippen LogP contribution in [0.1, 0.15) is 33.1 Å². The molecule has 0 bridgehead atoms. The molecule has 0 saturated heterocycles. The van der Waals surface area contributed by atoms with Crippen molar-refractivity contribution in [2.45, 2.75) is 39.0 Å². The summed E-state index contributed by atoms with van der Waals surface area (Å²) in [6.07, 6.45) is 0.893. The lowest BCUT2D eigenvalue weighted by Crippen LogP contribution is -2.48. The van der Waals surface area contributed by atoms with Gasteiger partial charge in [0.2, 0.25) is 5.91 Å². The van der Waals surface area contributed by atoms with Gasteiger partial charge in [-0.05, 0) is 6.42 Å². The highest BCUT2D eigenvalue weighted by Crippen LogP contribution is 2.00. The molecule has 0 aromatic carbocycles. The number of carbonyl (C=O) groups is 1. The van der Waals surface area contributed by atoms with E-state index in [0.29, 0.717) is 6.61 Å². The largest absolute Gasteiger partial charge is 0.449 e. The number of hydrogen-bond donors (Lipinski definition) is 3. The second-order valence-corrected chi connectivity index (χ2v) is 2.78. The summed E-state index contributed by atoms with van der Waals surface area (Å²) in [5.74, 6) is -2.16. The van der Waals surface area contributed by atoms with Gasteiger partial charge in [0, 0.05) is 6.42 Å². The second-order valence-electron chi connectivity index (χ2n) is 2.78. The van der Waals surface area contributed by atoms with Gasteiger partial charge in [-0.3, -0.25) is 5.32 Å². The van der Waals surface area contributed by atoms with Crippen molar-refractivity contribution in [1.82, 2.24) is 5.32 Å². The Kier molecular flexibility index (Phi) is 5.41. The SMILES string of the molecule is CCCCOC(=O)NC(O)(O)CC. The highest BCUT2D eigenvalue weighted by Gasteiger charge is 2.23. The van der Waals surface area contributed by atoms with Gasteiger partial charge in [-0.1, -0.05) is 20.3 Å². The van der Waals surface area contributed by atoms with Gasteiger partial charge in [0.15, 0.2) is 0 Å². The van der Waals surface area contributed by atoms with Crippen LogP contribution in [0.4, 0.5) is 4.79 Å². The monoisotopic (exact) mass is 191 g/mol. The molecule has 0 radical (unpaired) electrons. The summed E-state index contributed by atoms with van der Waals surface area (Å²) in [6, 6.07) is 0. The number of hydrogen-bond acceptors (Lipinski definition) is 4. The van der Waals surface area contributed by atoms with Gasteiger partial charge < -0.3 is 14.9 Å². The Labute approximate surface area is 77.7 Å². The minimum atomic E-state index is -2.16. The zero-order chi connectivity index (χ0) is 10.3. The molecule has 0 heterocycles. The van der Waals surface area contributed by atoms with Crippen LogP contribution in [-0.2, 0) is 4.74 Å². The first kappa shape index (κ1) is 12.2. The second kappa shape index (κ2) is 5.77. The molecule has 0 aliphatic heterocycles. The molecule has 0 rings (SSSR count). The van der Waals surface area contributed by atoms with E-state index in [1.54, 1.807) is 0 Å². The Morgan fingerprint density at radius 3 is 2.54 bits per heavy atom. The minimum Gasteiger partial charge on any atom is -0.449 e. The predicted octanol–water partition coefficient (Wildman–Crippen LogP) is 0.561. The molecular formula is C8H17NO4. The lowest BCUT2D eigenvalue weighted by atomic mass is 10.3. The first-order chi connectivity index (χ1) is 6.02. The summed E-state index contributed by atoms with van der Waals surface area (Å²) in [5, 5.41) is 19.9. The predicted molar refractivity (Wildman–Crippen MR) is 46.9 cm³/mol. The Morgan fingerprint density at radius 1 is 1.46 bits per heavy atom. The summed E-state index contributed by atoms with van der Waals surface area (Å²) < 4.78 is 4.65. The Hall–Kier alpha value is -0.810. The number of alkyl carbamates (subject to hydrolysis) is 1. The van der Waals surface area contributed by atoms with E-state index in [2.05, 4.69) is 4.74 Å². The molecule has 13 heavy (non-hydrogen) atoms. The number of ether oxygens (including phenoxy) is 1. The molecular weight excluding hydrogens is 174 g/mol. The van der Waals surface area contributed by atoms with Crippen LogP contribution < -0.4 is 5.32 Å². The summed E-state index contributed by atoms with van der Waals surface area (Å²) in [5.41, 5.74) is 0. The van der Waals surface area contributed by atoms with Gasteiger partial charge in [-0.15, -0.1) is 0 Å². The molecule has 0 aliphatic carbocycles. The molecule has 0 aliphatic rings. The molecule has 78 valence electrons. The Morgan fingerprint density at radius 2 is 2.08 bits per heavy atom. The maximum Gasteiger partial charge on any atom is 0.411 e. The molecule has 0 aromatic heterocycles. The van der Waals surface area contributed by atoms with Crippen molar-refractivity contribution in [2.24, 2.45) is 0 Å². The van der Waals surface area contributed by atoms with Crippen LogP contribution in [0.5, 0.6) is 0 Å². The highest BCUT2D eigenvalue weighted by molar-refractivity contribution is 5.67. The maximum atomic E-state index is 10.8. The minimum absolute atomic E-state index is 0.00980. The van der Waals surface area contributed by atoms with Crippen LogP contribution in [0.2, 0.25) is 0 Å². The quantitative estimate of drug-likeness (QED) is 0.438. The molecule has 5 heteroatoms. The van der Waals surface area contributed by atoms with Crippen molar-refractivity contribution >= 4 is 6.09 Å². The Bertz CT molecular complexity index is 158. The molecule has 5 nitrogen and oxygen atoms in total. The third-order valence-electron chi connectivity index (χ3n) is 1.53. The van der Waals surface area contributed by atoms with Gasteiger partial charge in [0.1, 0.15) is 0 Å². The average Bonchev–Trinajstić information content (AvgIpc) is 2.04. The van der Waals surface area contributed by atoms with Gasteiger partial charge in [0.05, 0.1) is 6.61 Å². The van der Waals surface area contributed by atoms with Crippen molar-refractivity contribution < 1.29 is 19.7 Å². The van der Waals surface area contributed by atoms with E-state index in [9.17, 15) is 4.79 Å². The van der Waals surface area contributed by atoms with Crippen LogP contribution in [0.25, 0.3) is 0 Å². The van der Waals surface area contributed by atoms with Gasteiger partial charge in [0.25, 0.3) is 0 Å². The van der Waals surface area contributed by atoms with Crippen molar-refractivity contribution in [2.75, 3.05) is 6.61 Å². The number of aliphatic hydroxyl groups is 2. The van der Waals surface area contributed by atoms with Crippen LogP contribution in [-0.4, -0.2) is 28.8 Å². The number of amides is 1. The average molecular weight is 191 g/mol. The standard InChI is InChI=1S/C8H17NO4/c1-3-5-6-13-7(10)9-8(11,12)4-2/h11-12H,3-6H2,1-2H3,(H,9,10). The highest BCUT2D eigenvalue weighted by atomic mass is 16.6. The smallest absolute Gasteiger partial charge is 0.411 e. The van der Waals surface area contributed by atoms with E-state index in [4.69, 9.17) is 10.2 Å². The normalized spacial score (nSPS) is 11.1. The summed E-state index contributed by atoms with van der Waals surface area (Å²) in [6.45, 7) is 3.80. The summed E-state index contributed by atoms with van der Waals surface area (Å²) in [7, 11) is 0. The molecule has 0 saturated carbocycles. The van der Waals surface area contributed by atoms with Crippen LogP contribution in [0.15, 0.2) is 0 Å². The third kappa shape index (κ3) is 6.36. The number of carbonyl (C=O) groups excluding carboxylic acids is 1. The van der Waals surface area contributed by atoms with Crippen molar-refractivity contribution in [3.8, 4) is 0 Å². The molecule has 0 spiro atoms. The first-order valence-electron chi connectivity index (χ1n) is 4.41. The summed E-state index contributed by atoms with van der Waals surface area (Å²) >= 11 is 0. The first-order valence-corrected chi connectivity index (χ1v) is 4.41. The molecule has 0 aromatic rings. The number of rotatable bonds is 5. The lowest BCUT2D eigenvalue weighted by molar-refractivity contribution is -0.180. The van der Waals surface area contributed by atoms with E-state index in [-0.39, 0.29) is 6.42 Å². The molecule has 3 N–H and O–H groups in total. The van der Waals surface area contributed by atoms with Gasteiger partial charge >= 0.3 is 6.09 Å². The van der Waals surface area contributed by atoms with E-state index in [1.165, 1.54) is 6.92 Å². The zero-order valence-electron chi connectivity index (χ0n) is 8.04. The fraction of sp³-hybridized carbons (Fsp3) is 0.875. The van der Waals surface area contributed by atoms with Crippen LogP contribution in [0, 0.1) is 0 Å². The third-order valence-corrected chi connectivity index (χ3v) is 1.53. The molecule has 1 amide bonds. The number of unbranched alkanes of at least 4 members (excludes halogenated alkanes) is 1. The Balaban J connectivity index is 3.62. The van der Waals surface area contributed by atoms with Crippen molar-refractivity contribution in [3.05, 3.63) is 0 Å². The van der Waals surface area contributed by atoms with Gasteiger partial charge in [-0.25, -0.2) is 4.79 Å². The van der Waals surface area contributed by atoms with E-state index in [0.717, 1.165) is 12.8 Å². The topological polar surface area (TPSA) is 78.8 Å². The van der Waals surface area contributed by atoms with E-state index >= 15 is 0 Å². The molecule has 0 atom stereocenters. The number of nitrogens with one attached hydrogen (secondary N) is 1. The zero-order valence-corrected chi connectivity index (χ0v) is 8.04. The van der Waals surface area contributed by atoms with E-state index in [1.807, 2.05) is 12.2 Å². The van der Waals surface area contributed by atoms with E-state index < -0.39 is 12.0 Å². The van der Waals surface area contributed by atoms with Crippen LogP contribution >= 0.6 is 0 Å². The van der Waals surface area contributed by atoms with Crippen LogP contribution in [0.3, 0.4) is 0 Å². The lowest BCUT2D eigenvalue weighted by Gasteiger charge is -2.20. The maximum absolute atomic E-state index is 10.8. The van der Waals surface area contributed by atoms with Gasteiger partial charge in [-0.2, -0.15) is 0 Å². The van der Waals surface area contributed by atoms with Crippen molar-refractivity contribution in [3.63, 3.8) is 0 Å². The molecule has 0 fully saturated rings. The van der Waals surface area contributed by atoms with Crippen molar-refractivity contribution in [1.29, 1.82) is 0 Å². The fourth-order valence-electron chi connectivity index (χ4n) is 0.597. The fourth-order valence-corrected chi connectivity index (χ4v) is 0.597. The summed E-state index contributed by atoms with van der Waals surface area (Å²) in [4.78, 5) is 10.8.